The largest absolute Gasteiger partial charge is 0.352 e. The number of nitrogens with one attached hydrogen (secondary N) is 1. The Morgan fingerprint density at radius 3 is 2.53 bits per heavy atom. The third-order valence-corrected chi connectivity index (χ3v) is 2.57. The lowest BCUT2D eigenvalue weighted by atomic mass is 10.1. The Bertz CT molecular complexity index is 388. The standard InChI is InChI=1S/C13H23N3O/c1-6-8-11-10(12(17)14-7-2)9-15-16(11)13(3,4)5/h9H,6-8H2,1-5H3,(H,14,17). The highest BCUT2D eigenvalue weighted by Crippen LogP contribution is 2.20. The molecule has 0 saturated heterocycles. The number of aromatic nitrogens is 2. The van der Waals surface area contributed by atoms with Crippen molar-refractivity contribution in [1.29, 1.82) is 0 Å². The maximum atomic E-state index is 11.9. The van der Waals surface area contributed by atoms with E-state index in [1.807, 2.05) is 11.6 Å². The van der Waals surface area contributed by atoms with Crippen molar-refractivity contribution in [1.82, 2.24) is 15.1 Å². The van der Waals surface area contributed by atoms with Crippen LogP contribution in [0.2, 0.25) is 0 Å². The molecule has 0 radical (unpaired) electrons. The number of rotatable bonds is 4. The van der Waals surface area contributed by atoms with E-state index in [-0.39, 0.29) is 11.4 Å². The van der Waals surface area contributed by atoms with Gasteiger partial charge in [0.05, 0.1) is 23.0 Å². The normalized spacial score (nSPS) is 11.6. The summed E-state index contributed by atoms with van der Waals surface area (Å²) in [6.45, 7) is 11.0. The molecule has 0 aliphatic carbocycles. The van der Waals surface area contributed by atoms with Crippen molar-refractivity contribution in [3.05, 3.63) is 17.5 Å². The summed E-state index contributed by atoms with van der Waals surface area (Å²) in [5.74, 6) is -0.0218. The smallest absolute Gasteiger partial charge is 0.254 e. The van der Waals surface area contributed by atoms with Crippen LogP contribution in [0.4, 0.5) is 0 Å². The number of amides is 1. The molecule has 1 amide bonds. The van der Waals surface area contributed by atoms with Crippen molar-refractivity contribution in [2.75, 3.05) is 6.54 Å². The molecular weight excluding hydrogens is 214 g/mol. The fourth-order valence-corrected chi connectivity index (χ4v) is 1.87. The maximum Gasteiger partial charge on any atom is 0.254 e. The number of nitrogens with zero attached hydrogens (tertiary/aromatic N) is 2. The van der Waals surface area contributed by atoms with Gasteiger partial charge in [-0.2, -0.15) is 5.10 Å². The minimum absolute atomic E-state index is 0.0218. The molecular formula is C13H23N3O. The molecule has 1 aromatic rings. The first-order valence-corrected chi connectivity index (χ1v) is 6.27. The van der Waals surface area contributed by atoms with Gasteiger partial charge in [0, 0.05) is 6.54 Å². The van der Waals surface area contributed by atoms with Gasteiger partial charge in [-0.1, -0.05) is 13.3 Å². The van der Waals surface area contributed by atoms with Crippen molar-refractivity contribution in [2.24, 2.45) is 0 Å². The van der Waals surface area contributed by atoms with E-state index in [4.69, 9.17) is 0 Å². The summed E-state index contributed by atoms with van der Waals surface area (Å²) in [5.41, 5.74) is 1.66. The van der Waals surface area contributed by atoms with Gasteiger partial charge in [-0.3, -0.25) is 9.48 Å². The molecule has 0 atom stereocenters. The fourth-order valence-electron chi connectivity index (χ4n) is 1.87. The zero-order valence-electron chi connectivity index (χ0n) is 11.5. The molecule has 0 fully saturated rings. The highest BCUT2D eigenvalue weighted by atomic mass is 16.1. The van der Waals surface area contributed by atoms with E-state index in [0.29, 0.717) is 12.1 Å². The summed E-state index contributed by atoms with van der Waals surface area (Å²) < 4.78 is 1.96. The van der Waals surface area contributed by atoms with Gasteiger partial charge in [-0.25, -0.2) is 0 Å². The van der Waals surface area contributed by atoms with Crippen molar-refractivity contribution >= 4 is 5.91 Å². The molecule has 96 valence electrons. The summed E-state index contributed by atoms with van der Waals surface area (Å²) in [5, 5.41) is 7.20. The molecule has 1 N–H and O–H groups in total. The Labute approximate surface area is 103 Å². The Balaban J connectivity index is 3.15. The minimum Gasteiger partial charge on any atom is -0.352 e. The van der Waals surface area contributed by atoms with E-state index < -0.39 is 0 Å². The molecule has 0 aliphatic rings. The molecule has 17 heavy (non-hydrogen) atoms. The van der Waals surface area contributed by atoms with Crippen LogP contribution in [0.5, 0.6) is 0 Å². The minimum atomic E-state index is -0.0880. The van der Waals surface area contributed by atoms with Gasteiger partial charge < -0.3 is 5.32 Å². The number of hydrogen-bond acceptors (Lipinski definition) is 2. The molecule has 1 aromatic heterocycles. The van der Waals surface area contributed by atoms with Gasteiger partial charge in [0.25, 0.3) is 5.91 Å². The summed E-state index contributed by atoms with van der Waals surface area (Å²) in [6, 6.07) is 0. The SMILES string of the molecule is CCCc1c(C(=O)NCC)cnn1C(C)(C)C. The van der Waals surface area contributed by atoms with E-state index >= 15 is 0 Å². The van der Waals surface area contributed by atoms with Crippen LogP contribution in [0, 0.1) is 0 Å². The predicted molar refractivity (Wildman–Crippen MR) is 69.2 cm³/mol. The molecule has 0 bridgehead atoms. The molecule has 1 heterocycles. The Kier molecular flexibility index (Phi) is 4.32. The molecule has 1 rings (SSSR count). The summed E-state index contributed by atoms with van der Waals surface area (Å²) >= 11 is 0. The fraction of sp³-hybridized carbons (Fsp3) is 0.692. The lowest BCUT2D eigenvalue weighted by Gasteiger charge is -2.22. The second-order valence-corrected chi connectivity index (χ2v) is 5.20. The third-order valence-electron chi connectivity index (χ3n) is 2.57. The van der Waals surface area contributed by atoms with Crippen molar-refractivity contribution < 1.29 is 4.79 Å². The van der Waals surface area contributed by atoms with Crippen LogP contribution < -0.4 is 5.32 Å². The van der Waals surface area contributed by atoms with Gasteiger partial charge in [0.15, 0.2) is 0 Å². The molecule has 0 unspecified atom stereocenters. The van der Waals surface area contributed by atoms with E-state index in [1.165, 1.54) is 0 Å². The first-order valence-electron chi connectivity index (χ1n) is 6.27. The first kappa shape index (κ1) is 13.7. The predicted octanol–water partition coefficient (Wildman–Crippen LogP) is 2.34. The third kappa shape index (κ3) is 3.08. The molecule has 0 spiro atoms. The summed E-state index contributed by atoms with van der Waals surface area (Å²) in [6.07, 6.45) is 3.57. The molecule has 0 saturated carbocycles. The van der Waals surface area contributed by atoms with E-state index in [0.717, 1.165) is 18.5 Å². The molecule has 4 heteroatoms. The van der Waals surface area contributed by atoms with Gasteiger partial charge in [-0.15, -0.1) is 0 Å². The van der Waals surface area contributed by atoms with E-state index in [9.17, 15) is 4.79 Å². The highest BCUT2D eigenvalue weighted by molar-refractivity contribution is 5.95. The number of hydrogen-bond donors (Lipinski definition) is 1. The van der Waals surface area contributed by atoms with Crippen LogP contribution in [0.1, 0.15) is 57.1 Å². The van der Waals surface area contributed by atoms with Crippen LogP contribution in [-0.2, 0) is 12.0 Å². The van der Waals surface area contributed by atoms with Gasteiger partial charge in [0.1, 0.15) is 0 Å². The zero-order valence-corrected chi connectivity index (χ0v) is 11.5. The molecule has 0 aliphatic heterocycles. The second kappa shape index (κ2) is 5.34. The highest BCUT2D eigenvalue weighted by Gasteiger charge is 2.23. The second-order valence-electron chi connectivity index (χ2n) is 5.20. The Morgan fingerprint density at radius 2 is 2.06 bits per heavy atom. The lowest BCUT2D eigenvalue weighted by Crippen LogP contribution is -2.28. The quantitative estimate of drug-likeness (QED) is 0.873. The van der Waals surface area contributed by atoms with Crippen molar-refractivity contribution in [2.45, 2.75) is 53.0 Å². The van der Waals surface area contributed by atoms with Crippen molar-refractivity contribution in [3.8, 4) is 0 Å². The average molecular weight is 237 g/mol. The first-order chi connectivity index (χ1) is 7.91. The van der Waals surface area contributed by atoms with Crippen LogP contribution in [0.25, 0.3) is 0 Å². The van der Waals surface area contributed by atoms with E-state index in [1.54, 1.807) is 6.20 Å². The maximum absolute atomic E-state index is 11.9. The Hall–Kier alpha value is -1.32. The van der Waals surface area contributed by atoms with Gasteiger partial charge in [0.2, 0.25) is 0 Å². The van der Waals surface area contributed by atoms with Crippen LogP contribution in [0.15, 0.2) is 6.20 Å². The number of carbonyl (C=O) groups is 1. The van der Waals surface area contributed by atoms with Crippen LogP contribution >= 0.6 is 0 Å². The zero-order chi connectivity index (χ0) is 13.1. The molecule has 0 aromatic carbocycles. The topological polar surface area (TPSA) is 46.9 Å². The van der Waals surface area contributed by atoms with Crippen LogP contribution in [0.3, 0.4) is 0 Å². The van der Waals surface area contributed by atoms with Crippen LogP contribution in [-0.4, -0.2) is 22.2 Å². The van der Waals surface area contributed by atoms with Gasteiger partial charge >= 0.3 is 0 Å². The summed E-state index contributed by atoms with van der Waals surface area (Å²) in [7, 11) is 0. The monoisotopic (exact) mass is 237 g/mol. The van der Waals surface area contributed by atoms with E-state index in [2.05, 4.69) is 38.1 Å². The Morgan fingerprint density at radius 1 is 1.41 bits per heavy atom. The molecule has 4 nitrogen and oxygen atoms in total. The number of carbonyl (C=O) groups excluding carboxylic acids is 1. The van der Waals surface area contributed by atoms with Gasteiger partial charge in [-0.05, 0) is 34.1 Å². The average Bonchev–Trinajstić information content (AvgIpc) is 2.62. The van der Waals surface area contributed by atoms with Crippen molar-refractivity contribution in [3.63, 3.8) is 0 Å². The summed E-state index contributed by atoms with van der Waals surface area (Å²) in [4.78, 5) is 11.9. The lowest BCUT2D eigenvalue weighted by molar-refractivity contribution is 0.0954.